The minimum Gasteiger partial charge on any atom is -0.361 e. The minimum atomic E-state index is -1.26. The average molecular weight is 639 g/mol. The number of carbonyl (C=O) groups is 2. The number of nitrogens with zero attached hydrogens (tertiary/aromatic N) is 4. The molecule has 9 nitrogen and oxygen atoms in total. The lowest BCUT2D eigenvalue weighted by Gasteiger charge is -2.24. The first-order valence-electron chi connectivity index (χ1n) is 15.3. The summed E-state index contributed by atoms with van der Waals surface area (Å²) in [6, 6.07) is 14.6. The summed E-state index contributed by atoms with van der Waals surface area (Å²) in [5.41, 5.74) is 4.85. The van der Waals surface area contributed by atoms with Crippen LogP contribution in [0.1, 0.15) is 24.5 Å². The normalized spacial score (nSPS) is 13.2. The predicted octanol–water partition coefficient (Wildman–Crippen LogP) is 6.51. The van der Waals surface area contributed by atoms with Crippen LogP contribution in [0.5, 0.6) is 0 Å². The van der Waals surface area contributed by atoms with E-state index in [0.717, 1.165) is 22.6 Å². The molecular weight excluding hydrogens is 600 g/mol. The first-order chi connectivity index (χ1) is 22.1. The Hall–Kier alpha value is -4.79. The number of amides is 3. The number of fused-ring (bicyclic) bond motifs is 1. The van der Waals surface area contributed by atoms with E-state index in [9.17, 15) is 9.59 Å². The Labute approximate surface area is 269 Å². The van der Waals surface area contributed by atoms with Crippen LogP contribution in [0.3, 0.4) is 0 Å². The van der Waals surface area contributed by atoms with Gasteiger partial charge in [0.25, 0.3) is 5.91 Å². The molecule has 2 N–H and O–H groups in total. The number of benzene rings is 2. The zero-order chi connectivity index (χ0) is 32.7. The smallest absolute Gasteiger partial charge is 0.319 e. The average Bonchev–Trinajstić information content (AvgIpc) is 3.41. The molecule has 3 heterocycles. The van der Waals surface area contributed by atoms with Crippen LogP contribution in [-0.2, 0) is 22.8 Å². The number of aromatic nitrogens is 3. The van der Waals surface area contributed by atoms with E-state index in [0.29, 0.717) is 61.0 Å². The maximum absolute atomic E-state index is 15.5. The van der Waals surface area contributed by atoms with Crippen molar-refractivity contribution in [3.63, 3.8) is 0 Å². The molecule has 0 atom stereocenters. The van der Waals surface area contributed by atoms with Gasteiger partial charge in [0.1, 0.15) is 24.5 Å². The molecule has 0 aliphatic carbocycles. The molecule has 2 aromatic heterocycles. The molecule has 2 aromatic carbocycles. The van der Waals surface area contributed by atoms with Crippen molar-refractivity contribution < 1.29 is 18.7 Å². The molecule has 3 amide bonds. The number of rotatable bonds is 10. The fraction of sp³-hybridized carbons (Fsp3) is 0.314. The predicted molar refractivity (Wildman–Crippen MR) is 182 cm³/mol. The highest BCUT2D eigenvalue weighted by atomic mass is 28.3. The van der Waals surface area contributed by atoms with Crippen LogP contribution >= 0.6 is 0 Å². The van der Waals surface area contributed by atoms with E-state index in [2.05, 4.69) is 52.1 Å². The summed E-state index contributed by atoms with van der Waals surface area (Å²) in [6.45, 7) is 10.6. The number of nitrogens with one attached hydrogen (secondary N) is 2. The van der Waals surface area contributed by atoms with Crippen LogP contribution in [0.4, 0.5) is 14.9 Å². The van der Waals surface area contributed by atoms with Gasteiger partial charge in [-0.2, -0.15) is 0 Å². The van der Waals surface area contributed by atoms with Gasteiger partial charge >= 0.3 is 6.03 Å². The van der Waals surface area contributed by atoms with Crippen LogP contribution in [0.2, 0.25) is 25.7 Å². The van der Waals surface area contributed by atoms with E-state index in [1.807, 2.05) is 41.1 Å². The Bertz CT molecular complexity index is 1820. The number of para-hydroxylation sites is 1. The number of hydrogen-bond donors (Lipinski definition) is 2. The second kappa shape index (κ2) is 14.5. The molecule has 0 bridgehead atoms. The topological polar surface area (TPSA) is 101 Å². The Morgan fingerprint density at radius 2 is 1.91 bits per heavy atom. The molecule has 1 aliphatic heterocycles. The van der Waals surface area contributed by atoms with E-state index >= 15 is 4.39 Å². The molecule has 1 aliphatic rings. The number of anilines is 1. The quantitative estimate of drug-likeness (QED) is 0.117. The monoisotopic (exact) mass is 638 g/mol. The van der Waals surface area contributed by atoms with Gasteiger partial charge in [0.05, 0.1) is 11.1 Å². The van der Waals surface area contributed by atoms with Crippen LogP contribution < -0.4 is 10.6 Å². The van der Waals surface area contributed by atoms with Crippen molar-refractivity contribution in [1.29, 1.82) is 0 Å². The van der Waals surface area contributed by atoms with Crippen LogP contribution in [0.15, 0.2) is 67.1 Å². The van der Waals surface area contributed by atoms with Gasteiger partial charge in [0, 0.05) is 62.9 Å². The van der Waals surface area contributed by atoms with E-state index < -0.39 is 19.9 Å². The molecule has 0 radical (unpaired) electrons. The molecule has 0 saturated carbocycles. The zero-order valence-corrected chi connectivity index (χ0v) is 27.7. The first kappa shape index (κ1) is 32.6. The lowest BCUT2D eigenvalue weighted by atomic mass is 9.96. The van der Waals surface area contributed by atoms with E-state index in [1.165, 1.54) is 12.4 Å². The summed E-state index contributed by atoms with van der Waals surface area (Å²) in [5, 5.41) is 6.24. The second-order valence-corrected chi connectivity index (χ2v) is 18.0. The van der Waals surface area contributed by atoms with Crippen LogP contribution in [0.25, 0.3) is 27.9 Å². The van der Waals surface area contributed by atoms with Gasteiger partial charge in [-0.1, -0.05) is 62.0 Å². The molecule has 0 saturated heterocycles. The fourth-order valence-electron chi connectivity index (χ4n) is 5.22. The third-order valence-corrected chi connectivity index (χ3v) is 9.46. The van der Waals surface area contributed by atoms with Crippen molar-refractivity contribution >= 4 is 42.3 Å². The van der Waals surface area contributed by atoms with Crippen LogP contribution in [0, 0.1) is 17.7 Å². The molecule has 46 heavy (non-hydrogen) atoms. The molecule has 0 unspecified atom stereocenters. The lowest BCUT2D eigenvalue weighted by molar-refractivity contribution is -0.124. The maximum atomic E-state index is 15.5. The molecule has 5 rings (SSSR count). The van der Waals surface area contributed by atoms with Crippen molar-refractivity contribution in [1.82, 2.24) is 24.8 Å². The van der Waals surface area contributed by atoms with Crippen molar-refractivity contribution in [2.24, 2.45) is 0 Å². The molecule has 0 fully saturated rings. The summed E-state index contributed by atoms with van der Waals surface area (Å²) < 4.78 is 23.5. The van der Waals surface area contributed by atoms with Gasteiger partial charge in [0.2, 0.25) is 0 Å². The molecule has 0 spiro atoms. The zero-order valence-electron chi connectivity index (χ0n) is 26.7. The maximum Gasteiger partial charge on any atom is 0.319 e. The first-order valence-corrected chi connectivity index (χ1v) is 19.0. The van der Waals surface area contributed by atoms with Gasteiger partial charge in [0.15, 0.2) is 0 Å². The summed E-state index contributed by atoms with van der Waals surface area (Å²) in [5.74, 6) is 4.65. The van der Waals surface area contributed by atoms with E-state index in [4.69, 9.17) is 4.74 Å². The highest BCUT2D eigenvalue weighted by Gasteiger charge is 2.23. The molecular formula is C35H39FN6O3Si. The standard InChI is InChI=1S/C35H39FN6O3Si/c1-5-9-31(43)41-16-14-25(15-17-41)29-22-42(24-45-18-19-46(2,3)4)34-32(29)33(38-23-39-34)26-12-13-27(30(36)20-26)21-37-35(44)40-28-10-7-6-8-11-28/h6-8,10-14,20,22-23H,15-19,21,24H2,1-4H3,(H2,37,40,44). The highest BCUT2D eigenvalue weighted by Crippen LogP contribution is 2.36. The summed E-state index contributed by atoms with van der Waals surface area (Å²) in [6.07, 6.45) is 6.18. The van der Waals surface area contributed by atoms with Gasteiger partial charge in [-0.3, -0.25) is 4.79 Å². The Balaban J connectivity index is 1.43. The Morgan fingerprint density at radius 3 is 2.61 bits per heavy atom. The van der Waals surface area contributed by atoms with Crippen molar-refractivity contribution in [2.75, 3.05) is 25.0 Å². The second-order valence-electron chi connectivity index (χ2n) is 12.4. The summed E-state index contributed by atoms with van der Waals surface area (Å²) in [7, 11) is -1.26. The van der Waals surface area contributed by atoms with E-state index in [-0.39, 0.29) is 12.5 Å². The third kappa shape index (κ3) is 8.07. The van der Waals surface area contributed by atoms with Crippen molar-refractivity contribution in [3.05, 3.63) is 84.1 Å². The SMILES string of the molecule is CC#CC(=O)N1CC=C(c2cn(COCC[Si](C)(C)C)c3ncnc(-c4ccc(CNC(=O)Nc5ccccc5)c(F)c4)c23)CC1. The summed E-state index contributed by atoms with van der Waals surface area (Å²) >= 11 is 0. The van der Waals surface area contributed by atoms with E-state index in [1.54, 1.807) is 30.0 Å². The number of carbonyl (C=O) groups excluding carboxylic acids is 2. The summed E-state index contributed by atoms with van der Waals surface area (Å²) in [4.78, 5) is 35.7. The van der Waals surface area contributed by atoms with Crippen molar-refractivity contribution in [2.45, 2.75) is 52.3 Å². The molecule has 238 valence electrons. The lowest BCUT2D eigenvalue weighted by Crippen LogP contribution is -2.33. The Morgan fingerprint density at radius 1 is 1.11 bits per heavy atom. The Kier molecular flexibility index (Phi) is 10.3. The van der Waals surface area contributed by atoms with Crippen molar-refractivity contribution in [3.8, 4) is 23.1 Å². The number of urea groups is 1. The van der Waals surface area contributed by atoms with Gasteiger partial charge < -0.3 is 24.8 Å². The third-order valence-electron chi connectivity index (χ3n) is 7.75. The minimum absolute atomic E-state index is 0.0187. The highest BCUT2D eigenvalue weighted by molar-refractivity contribution is 6.76. The molecule has 4 aromatic rings. The van der Waals surface area contributed by atoms with Crippen LogP contribution in [-0.4, -0.2) is 59.1 Å². The van der Waals surface area contributed by atoms with Gasteiger partial charge in [-0.15, -0.1) is 0 Å². The van der Waals surface area contributed by atoms with Gasteiger partial charge in [-0.05, 0) is 49.1 Å². The number of halogens is 1. The number of ether oxygens (including phenoxy) is 1. The fourth-order valence-corrected chi connectivity index (χ4v) is 5.98. The largest absolute Gasteiger partial charge is 0.361 e. The number of hydrogen-bond acceptors (Lipinski definition) is 5. The molecule has 11 heteroatoms. The van der Waals surface area contributed by atoms with Gasteiger partial charge in [-0.25, -0.2) is 19.2 Å².